The first-order chi connectivity index (χ1) is 7.48. The van der Waals surface area contributed by atoms with Gasteiger partial charge in [0, 0.05) is 17.5 Å². The molecule has 0 spiro atoms. The van der Waals surface area contributed by atoms with Crippen LogP contribution in [-0.4, -0.2) is 19.7 Å². The maximum Gasteiger partial charge on any atom is 0.145 e. The minimum absolute atomic E-state index is 0.294. The van der Waals surface area contributed by atoms with Gasteiger partial charge in [0.25, 0.3) is 0 Å². The fraction of sp³-hybridized carbons (Fsp3) is 0.500. The summed E-state index contributed by atoms with van der Waals surface area (Å²) in [7, 11) is -1.17. The van der Waals surface area contributed by atoms with E-state index < -0.39 is 11.0 Å². The van der Waals surface area contributed by atoms with Crippen LogP contribution in [0.2, 0.25) is 0 Å². The van der Waals surface area contributed by atoms with Gasteiger partial charge in [-0.1, -0.05) is 0 Å². The lowest BCUT2D eigenvalue weighted by Gasteiger charge is -2.13. The molecule has 1 unspecified atom stereocenters. The first-order valence-corrected chi connectivity index (χ1v) is 6.53. The molecule has 1 heterocycles. The van der Waals surface area contributed by atoms with Crippen molar-refractivity contribution >= 4 is 16.7 Å². The minimum atomic E-state index is -1.17. The average molecular weight is 236 g/mol. The van der Waals surface area contributed by atoms with E-state index in [1.165, 1.54) is 0 Å². The highest BCUT2D eigenvalue weighted by atomic mass is 32.2. The van der Waals surface area contributed by atoms with Crippen LogP contribution in [0.5, 0.6) is 0 Å². The lowest BCUT2D eigenvalue weighted by atomic mass is 10.2. The van der Waals surface area contributed by atoms with Crippen molar-refractivity contribution in [2.24, 2.45) is 4.40 Å². The maximum atomic E-state index is 11.9. The quantitative estimate of drug-likeness (QED) is 0.750. The second kappa shape index (κ2) is 4.09. The molecule has 0 saturated carbocycles. The standard InChI is InChI=1S/C12H16N2OS/c1-12(2,3)16(15)14-11-7-6-10-9(11)5-4-8-13-10/h4-5,8H,6-7H2,1-3H3. The fourth-order valence-corrected chi connectivity index (χ4v) is 2.27. The van der Waals surface area contributed by atoms with Gasteiger partial charge in [-0.15, -0.1) is 0 Å². The second-order valence-corrected chi connectivity index (χ2v) is 6.80. The molecule has 4 heteroatoms. The third kappa shape index (κ3) is 2.21. The molecule has 0 bridgehead atoms. The van der Waals surface area contributed by atoms with Crippen LogP contribution >= 0.6 is 0 Å². The maximum absolute atomic E-state index is 11.9. The summed E-state index contributed by atoms with van der Waals surface area (Å²) in [6.07, 6.45) is 3.56. The third-order valence-corrected chi connectivity index (χ3v) is 3.95. The van der Waals surface area contributed by atoms with Gasteiger partial charge in [0.2, 0.25) is 0 Å². The molecule has 0 fully saturated rings. The number of fused-ring (bicyclic) bond motifs is 1. The molecule has 1 aliphatic rings. The molecule has 0 radical (unpaired) electrons. The summed E-state index contributed by atoms with van der Waals surface area (Å²) >= 11 is 0. The average Bonchev–Trinajstić information content (AvgIpc) is 2.61. The van der Waals surface area contributed by atoms with Crippen LogP contribution in [0.3, 0.4) is 0 Å². The van der Waals surface area contributed by atoms with Crippen LogP contribution in [0, 0.1) is 0 Å². The zero-order valence-electron chi connectivity index (χ0n) is 9.86. The van der Waals surface area contributed by atoms with Crippen molar-refractivity contribution in [3.05, 3.63) is 29.6 Å². The van der Waals surface area contributed by atoms with Gasteiger partial charge in [-0.25, -0.2) is 4.21 Å². The van der Waals surface area contributed by atoms with E-state index >= 15 is 0 Å². The number of hydrogen-bond acceptors (Lipinski definition) is 2. The highest BCUT2D eigenvalue weighted by molar-refractivity contribution is 7.85. The van der Waals surface area contributed by atoms with E-state index in [0.717, 1.165) is 29.8 Å². The van der Waals surface area contributed by atoms with E-state index in [-0.39, 0.29) is 4.75 Å². The molecular formula is C12H16N2OS. The lowest BCUT2D eigenvalue weighted by molar-refractivity contribution is 0.650. The molecule has 0 aliphatic heterocycles. The Morgan fingerprint density at radius 2 is 2.12 bits per heavy atom. The number of aromatic nitrogens is 1. The summed E-state index contributed by atoms with van der Waals surface area (Å²) in [5.74, 6) is 0. The van der Waals surface area contributed by atoms with Crippen molar-refractivity contribution in [2.45, 2.75) is 38.4 Å². The summed E-state index contributed by atoms with van der Waals surface area (Å²) in [6, 6.07) is 3.91. The largest absolute Gasteiger partial charge is 0.261 e. The Morgan fingerprint density at radius 3 is 2.81 bits per heavy atom. The lowest BCUT2D eigenvalue weighted by Crippen LogP contribution is -2.20. The Morgan fingerprint density at radius 1 is 1.38 bits per heavy atom. The third-order valence-electron chi connectivity index (χ3n) is 2.52. The zero-order valence-corrected chi connectivity index (χ0v) is 10.7. The van der Waals surface area contributed by atoms with Crippen LogP contribution < -0.4 is 0 Å². The van der Waals surface area contributed by atoms with Crippen LogP contribution in [0.15, 0.2) is 22.7 Å². The number of hydrogen-bond donors (Lipinski definition) is 0. The van der Waals surface area contributed by atoms with E-state index in [1.54, 1.807) is 6.20 Å². The Hall–Kier alpha value is -1.03. The van der Waals surface area contributed by atoms with Gasteiger partial charge in [0.15, 0.2) is 0 Å². The molecular weight excluding hydrogens is 220 g/mol. The molecule has 1 aliphatic carbocycles. The van der Waals surface area contributed by atoms with Crippen LogP contribution in [0.25, 0.3) is 0 Å². The molecule has 0 amide bonds. The SMILES string of the molecule is CC(C)(C)S(=O)N=C1CCc2ncccc21. The summed E-state index contributed by atoms with van der Waals surface area (Å²) in [5.41, 5.74) is 3.09. The fourth-order valence-electron chi connectivity index (χ4n) is 1.60. The predicted octanol–water partition coefficient (Wildman–Crippen LogP) is 2.28. The van der Waals surface area contributed by atoms with Crippen molar-refractivity contribution in [3.63, 3.8) is 0 Å². The molecule has 0 saturated heterocycles. The molecule has 86 valence electrons. The van der Waals surface area contributed by atoms with Gasteiger partial charge in [-0.2, -0.15) is 4.40 Å². The number of pyridine rings is 1. The van der Waals surface area contributed by atoms with Crippen LogP contribution in [-0.2, 0) is 17.4 Å². The van der Waals surface area contributed by atoms with Gasteiger partial charge in [0.1, 0.15) is 11.0 Å². The highest BCUT2D eigenvalue weighted by Crippen LogP contribution is 2.22. The van der Waals surface area contributed by atoms with Crippen molar-refractivity contribution in [1.29, 1.82) is 0 Å². The molecule has 1 atom stereocenters. The van der Waals surface area contributed by atoms with E-state index in [2.05, 4.69) is 9.38 Å². The predicted molar refractivity (Wildman–Crippen MR) is 67.0 cm³/mol. The van der Waals surface area contributed by atoms with E-state index in [1.807, 2.05) is 32.9 Å². The first kappa shape index (κ1) is 11.5. The Balaban J connectivity index is 2.32. The smallest absolute Gasteiger partial charge is 0.145 e. The van der Waals surface area contributed by atoms with Crippen molar-refractivity contribution in [2.75, 3.05) is 0 Å². The van der Waals surface area contributed by atoms with Gasteiger partial charge < -0.3 is 0 Å². The summed E-state index contributed by atoms with van der Waals surface area (Å²) in [6.45, 7) is 5.81. The highest BCUT2D eigenvalue weighted by Gasteiger charge is 2.23. The summed E-state index contributed by atoms with van der Waals surface area (Å²) in [4.78, 5) is 4.30. The van der Waals surface area contributed by atoms with Gasteiger partial charge >= 0.3 is 0 Å². The van der Waals surface area contributed by atoms with Gasteiger partial charge in [-0.05, 0) is 45.7 Å². The van der Waals surface area contributed by atoms with Gasteiger partial charge in [-0.3, -0.25) is 4.98 Å². The Labute approximate surface area is 98.6 Å². The van der Waals surface area contributed by atoms with Crippen LogP contribution in [0.1, 0.15) is 38.4 Å². The Bertz CT molecular complexity index is 460. The molecule has 2 rings (SSSR count). The van der Waals surface area contributed by atoms with Gasteiger partial charge in [0.05, 0.1) is 10.5 Å². The monoisotopic (exact) mass is 236 g/mol. The number of rotatable bonds is 1. The molecule has 1 aromatic heterocycles. The molecule has 0 aromatic carbocycles. The molecule has 16 heavy (non-hydrogen) atoms. The van der Waals surface area contributed by atoms with Crippen molar-refractivity contribution in [1.82, 2.24) is 4.98 Å². The molecule has 1 aromatic rings. The minimum Gasteiger partial charge on any atom is -0.261 e. The number of aryl methyl sites for hydroxylation is 1. The van der Waals surface area contributed by atoms with Crippen molar-refractivity contribution in [3.8, 4) is 0 Å². The van der Waals surface area contributed by atoms with E-state index in [9.17, 15) is 4.21 Å². The number of nitrogens with zero attached hydrogens (tertiary/aromatic N) is 2. The van der Waals surface area contributed by atoms with Crippen molar-refractivity contribution < 1.29 is 4.21 Å². The summed E-state index contributed by atoms with van der Waals surface area (Å²) < 4.78 is 16.0. The molecule has 0 N–H and O–H groups in total. The Kier molecular flexibility index (Phi) is 2.93. The van der Waals surface area contributed by atoms with E-state index in [0.29, 0.717) is 0 Å². The van der Waals surface area contributed by atoms with E-state index in [4.69, 9.17) is 0 Å². The topological polar surface area (TPSA) is 42.3 Å². The van der Waals surface area contributed by atoms with Crippen LogP contribution in [0.4, 0.5) is 0 Å². The second-order valence-electron chi connectivity index (χ2n) is 4.90. The molecule has 3 nitrogen and oxygen atoms in total. The zero-order chi connectivity index (χ0) is 11.8. The normalized spacial score (nSPS) is 19.8. The first-order valence-electron chi connectivity index (χ1n) is 5.42. The summed E-state index contributed by atoms with van der Waals surface area (Å²) in [5, 5.41) is 0.